The third-order valence-electron chi connectivity index (χ3n) is 3.55. The Morgan fingerprint density at radius 1 is 1.53 bits per heavy atom. The number of thioether (sulfide) groups is 1. The topological polar surface area (TPSA) is 43.8 Å². The van der Waals surface area contributed by atoms with Crippen LogP contribution in [0, 0.1) is 5.92 Å². The van der Waals surface area contributed by atoms with Crippen molar-refractivity contribution < 1.29 is 0 Å². The van der Waals surface area contributed by atoms with Crippen LogP contribution in [-0.2, 0) is 6.54 Å². The summed E-state index contributed by atoms with van der Waals surface area (Å²) in [5.74, 6) is 0.629. The van der Waals surface area contributed by atoms with Gasteiger partial charge in [-0.05, 0) is 31.4 Å². The fourth-order valence-electron chi connectivity index (χ4n) is 2.28. The summed E-state index contributed by atoms with van der Waals surface area (Å²) in [5, 5.41) is 0. The van der Waals surface area contributed by atoms with Crippen LogP contribution in [0.3, 0.4) is 0 Å². The van der Waals surface area contributed by atoms with E-state index in [0.29, 0.717) is 10.7 Å². The summed E-state index contributed by atoms with van der Waals surface area (Å²) >= 11 is 1.98. The highest BCUT2D eigenvalue weighted by molar-refractivity contribution is 8.00. The summed E-state index contributed by atoms with van der Waals surface area (Å²) < 4.78 is 2.73. The highest BCUT2D eigenvalue weighted by atomic mass is 32.2. The van der Waals surface area contributed by atoms with Crippen LogP contribution < -0.4 is 5.73 Å². The third-order valence-corrected chi connectivity index (χ3v) is 4.95. The van der Waals surface area contributed by atoms with Crippen LogP contribution >= 0.6 is 11.8 Å². The Morgan fingerprint density at radius 3 is 2.76 bits per heavy atom. The Bertz CT molecular complexity index is 368. The third kappa shape index (κ3) is 3.05. The predicted octanol–water partition coefficient (Wildman–Crippen LogP) is 2.82. The lowest BCUT2D eigenvalue weighted by Gasteiger charge is -2.19. The minimum Gasteiger partial charge on any atom is -0.332 e. The van der Waals surface area contributed by atoms with Crippen LogP contribution in [0.15, 0.2) is 12.5 Å². The first-order chi connectivity index (χ1) is 8.06. The first kappa shape index (κ1) is 13.0. The van der Waals surface area contributed by atoms with E-state index in [9.17, 15) is 0 Å². The fourth-order valence-corrected chi connectivity index (χ4v) is 3.06. The monoisotopic (exact) mass is 253 g/mol. The van der Waals surface area contributed by atoms with Crippen LogP contribution in [0.2, 0.25) is 0 Å². The highest BCUT2D eigenvalue weighted by Gasteiger charge is 2.42. The Kier molecular flexibility index (Phi) is 3.83. The van der Waals surface area contributed by atoms with Gasteiger partial charge in [0, 0.05) is 23.5 Å². The molecule has 0 saturated heterocycles. The van der Waals surface area contributed by atoms with Gasteiger partial charge < -0.3 is 10.3 Å². The average molecular weight is 253 g/mol. The van der Waals surface area contributed by atoms with Gasteiger partial charge in [-0.1, -0.05) is 13.8 Å². The summed E-state index contributed by atoms with van der Waals surface area (Å²) in [7, 11) is 0. The second-order valence-electron chi connectivity index (χ2n) is 5.57. The number of rotatable bonds is 6. The molecule has 2 rings (SSSR count). The molecule has 0 amide bonds. The maximum atomic E-state index is 6.25. The molecule has 1 aromatic heterocycles. The lowest BCUT2D eigenvalue weighted by atomic mass is 10.0. The number of imidazole rings is 1. The van der Waals surface area contributed by atoms with Crippen molar-refractivity contribution in [3.63, 3.8) is 0 Å². The summed E-state index contributed by atoms with van der Waals surface area (Å²) in [6.45, 7) is 5.49. The van der Waals surface area contributed by atoms with E-state index in [1.807, 2.05) is 24.3 Å². The molecule has 0 spiro atoms. The molecule has 3 nitrogen and oxygen atoms in total. The summed E-state index contributed by atoms with van der Waals surface area (Å²) in [4.78, 5) is 4.27. The van der Waals surface area contributed by atoms with Crippen molar-refractivity contribution in [2.75, 3.05) is 6.26 Å². The Labute approximate surface area is 108 Å². The molecule has 96 valence electrons. The van der Waals surface area contributed by atoms with Crippen LogP contribution in [0.1, 0.15) is 44.8 Å². The smallest absolute Gasteiger partial charge is 0.0949 e. The van der Waals surface area contributed by atoms with E-state index < -0.39 is 0 Å². The minimum absolute atomic E-state index is 0.121. The molecule has 0 radical (unpaired) electrons. The Balaban J connectivity index is 2.06. The van der Waals surface area contributed by atoms with E-state index in [-0.39, 0.29) is 6.04 Å². The van der Waals surface area contributed by atoms with Gasteiger partial charge in [-0.2, -0.15) is 11.8 Å². The molecule has 1 fully saturated rings. The fraction of sp³-hybridized carbons (Fsp3) is 0.769. The molecule has 2 N–H and O–H groups in total. The molecule has 1 atom stereocenters. The van der Waals surface area contributed by atoms with Gasteiger partial charge in [0.2, 0.25) is 0 Å². The minimum atomic E-state index is 0.121. The first-order valence-electron chi connectivity index (χ1n) is 6.37. The van der Waals surface area contributed by atoms with E-state index >= 15 is 0 Å². The zero-order chi connectivity index (χ0) is 12.5. The van der Waals surface area contributed by atoms with E-state index in [0.717, 1.165) is 13.0 Å². The van der Waals surface area contributed by atoms with E-state index in [2.05, 4.69) is 29.7 Å². The maximum Gasteiger partial charge on any atom is 0.0949 e. The maximum absolute atomic E-state index is 6.25. The summed E-state index contributed by atoms with van der Waals surface area (Å²) in [5.41, 5.74) is 7.45. The van der Waals surface area contributed by atoms with Crippen molar-refractivity contribution in [2.45, 2.75) is 50.4 Å². The summed E-state index contributed by atoms with van der Waals surface area (Å²) in [6.07, 6.45) is 9.75. The normalized spacial score (nSPS) is 19.6. The second kappa shape index (κ2) is 5.02. The molecule has 1 heterocycles. The van der Waals surface area contributed by atoms with Gasteiger partial charge >= 0.3 is 0 Å². The molecule has 1 saturated carbocycles. The van der Waals surface area contributed by atoms with Crippen molar-refractivity contribution in [2.24, 2.45) is 11.7 Å². The van der Waals surface area contributed by atoms with Gasteiger partial charge in [0.1, 0.15) is 0 Å². The van der Waals surface area contributed by atoms with Crippen LogP contribution in [0.5, 0.6) is 0 Å². The van der Waals surface area contributed by atoms with Crippen molar-refractivity contribution >= 4 is 11.8 Å². The Morgan fingerprint density at radius 2 is 2.24 bits per heavy atom. The van der Waals surface area contributed by atoms with Gasteiger partial charge in [0.25, 0.3) is 0 Å². The molecule has 0 aliphatic heterocycles. The van der Waals surface area contributed by atoms with Crippen molar-refractivity contribution in [3.05, 3.63) is 18.2 Å². The van der Waals surface area contributed by atoms with E-state index in [1.54, 1.807) is 0 Å². The van der Waals surface area contributed by atoms with Crippen LogP contribution in [-0.4, -0.2) is 20.6 Å². The Hall–Kier alpha value is -0.480. The molecular formula is C13H23N3S. The van der Waals surface area contributed by atoms with E-state index in [4.69, 9.17) is 5.73 Å². The molecule has 17 heavy (non-hydrogen) atoms. The van der Waals surface area contributed by atoms with Gasteiger partial charge in [-0.3, -0.25) is 0 Å². The lowest BCUT2D eigenvalue weighted by molar-refractivity contribution is 0.480. The number of nitrogens with zero attached hydrogens (tertiary/aromatic N) is 2. The average Bonchev–Trinajstić information content (AvgIpc) is 2.87. The quantitative estimate of drug-likeness (QED) is 0.848. The lowest BCUT2D eigenvalue weighted by Crippen LogP contribution is -2.21. The number of hydrogen-bond donors (Lipinski definition) is 1. The molecule has 0 bridgehead atoms. The van der Waals surface area contributed by atoms with Gasteiger partial charge in [0.15, 0.2) is 0 Å². The summed E-state index contributed by atoms with van der Waals surface area (Å²) in [6, 6.07) is 0.121. The zero-order valence-corrected chi connectivity index (χ0v) is 11.8. The zero-order valence-electron chi connectivity index (χ0n) is 11.0. The second-order valence-corrected chi connectivity index (χ2v) is 6.84. The standard InChI is InChI=1S/C13H23N3S/c1-10(2)6-11(14)12-7-15-9-16(12)8-13(17-3)4-5-13/h7,9-11H,4-6,8,14H2,1-3H3. The molecule has 0 aromatic carbocycles. The van der Waals surface area contributed by atoms with Crippen molar-refractivity contribution in [1.82, 2.24) is 9.55 Å². The molecule has 1 unspecified atom stereocenters. The molecule has 4 heteroatoms. The van der Waals surface area contributed by atoms with E-state index in [1.165, 1.54) is 18.5 Å². The SMILES string of the molecule is CSC1(Cn2cncc2C(N)CC(C)C)CC1. The predicted molar refractivity (Wildman–Crippen MR) is 74.1 cm³/mol. The molecule has 1 aliphatic carbocycles. The number of aromatic nitrogens is 2. The molecular weight excluding hydrogens is 230 g/mol. The molecule has 1 aliphatic rings. The van der Waals surface area contributed by atoms with Crippen molar-refractivity contribution in [3.8, 4) is 0 Å². The van der Waals surface area contributed by atoms with Crippen LogP contribution in [0.25, 0.3) is 0 Å². The van der Waals surface area contributed by atoms with Gasteiger partial charge in [0.05, 0.1) is 12.0 Å². The van der Waals surface area contributed by atoms with Crippen molar-refractivity contribution in [1.29, 1.82) is 0 Å². The molecule has 1 aromatic rings. The van der Waals surface area contributed by atoms with Gasteiger partial charge in [-0.15, -0.1) is 0 Å². The number of nitrogens with two attached hydrogens (primary N) is 1. The largest absolute Gasteiger partial charge is 0.332 e. The number of hydrogen-bond acceptors (Lipinski definition) is 3. The van der Waals surface area contributed by atoms with Crippen LogP contribution in [0.4, 0.5) is 0 Å². The first-order valence-corrected chi connectivity index (χ1v) is 7.59. The van der Waals surface area contributed by atoms with Gasteiger partial charge in [-0.25, -0.2) is 4.98 Å². The highest BCUT2D eigenvalue weighted by Crippen LogP contribution is 2.48.